The van der Waals surface area contributed by atoms with Gasteiger partial charge in [-0.25, -0.2) is 9.48 Å². The molecule has 0 spiro atoms. The molecule has 7 heteroatoms. The summed E-state index contributed by atoms with van der Waals surface area (Å²) < 4.78 is 6.95. The fourth-order valence-corrected chi connectivity index (χ4v) is 2.68. The normalized spacial score (nSPS) is 16.9. The second kappa shape index (κ2) is 7.27. The number of carboxylic acids is 1. The van der Waals surface area contributed by atoms with Gasteiger partial charge in [-0.05, 0) is 36.6 Å². The van der Waals surface area contributed by atoms with Gasteiger partial charge in [0.1, 0.15) is 0 Å². The number of carboxylic acid groups (broad SMARTS) is 1. The molecule has 0 aliphatic carbocycles. The lowest BCUT2D eigenvalue weighted by Crippen LogP contribution is -2.26. The van der Waals surface area contributed by atoms with Gasteiger partial charge in [-0.3, -0.25) is 4.79 Å². The largest absolute Gasteiger partial charge is 0.476 e. The molecule has 3 rings (SSSR count). The highest BCUT2D eigenvalue weighted by atomic mass is 16.5. The van der Waals surface area contributed by atoms with Crippen LogP contribution in [0, 0.1) is 0 Å². The topological polar surface area (TPSA) is 93.5 Å². The average Bonchev–Trinajstić information content (AvgIpc) is 3.25. The monoisotopic (exact) mass is 329 g/mol. The number of rotatable bonds is 6. The molecule has 24 heavy (non-hydrogen) atoms. The summed E-state index contributed by atoms with van der Waals surface area (Å²) in [6.45, 7) is 1.15. The summed E-state index contributed by atoms with van der Waals surface area (Å²) in [5.41, 5.74) is 1.65. The Bertz CT molecular complexity index is 735. The van der Waals surface area contributed by atoms with Crippen molar-refractivity contribution < 1.29 is 19.4 Å². The Morgan fingerprint density at radius 3 is 2.96 bits per heavy atom. The Balaban J connectivity index is 1.60. The van der Waals surface area contributed by atoms with Gasteiger partial charge in [-0.15, -0.1) is 0 Å². The zero-order valence-corrected chi connectivity index (χ0v) is 13.1. The molecule has 126 valence electrons. The van der Waals surface area contributed by atoms with Gasteiger partial charge in [0.15, 0.2) is 5.69 Å². The van der Waals surface area contributed by atoms with Gasteiger partial charge in [-0.1, -0.05) is 12.1 Å². The first-order valence-electron chi connectivity index (χ1n) is 7.88. The fourth-order valence-electron chi connectivity index (χ4n) is 2.68. The first-order chi connectivity index (χ1) is 11.6. The van der Waals surface area contributed by atoms with E-state index in [9.17, 15) is 9.59 Å². The summed E-state index contributed by atoms with van der Waals surface area (Å²) >= 11 is 0. The van der Waals surface area contributed by atoms with Crippen molar-refractivity contribution in [3.8, 4) is 5.69 Å². The van der Waals surface area contributed by atoms with Crippen molar-refractivity contribution in [1.29, 1.82) is 0 Å². The van der Waals surface area contributed by atoms with Gasteiger partial charge >= 0.3 is 5.97 Å². The predicted octanol–water partition coefficient (Wildman–Crippen LogP) is 1.76. The van der Waals surface area contributed by atoms with Crippen molar-refractivity contribution in [3.63, 3.8) is 0 Å². The van der Waals surface area contributed by atoms with Crippen LogP contribution in [0.25, 0.3) is 5.69 Å². The van der Waals surface area contributed by atoms with Crippen molar-refractivity contribution in [2.24, 2.45) is 0 Å². The predicted molar refractivity (Wildman–Crippen MR) is 86.0 cm³/mol. The molecule has 1 saturated heterocycles. The van der Waals surface area contributed by atoms with Gasteiger partial charge in [0.25, 0.3) is 0 Å². The quantitative estimate of drug-likeness (QED) is 0.842. The number of carbonyl (C=O) groups is 2. The van der Waals surface area contributed by atoms with Crippen molar-refractivity contribution in [2.75, 3.05) is 6.61 Å². The van der Waals surface area contributed by atoms with Crippen LogP contribution in [-0.4, -0.2) is 39.5 Å². The first kappa shape index (κ1) is 16.2. The van der Waals surface area contributed by atoms with Crippen molar-refractivity contribution in [2.45, 2.75) is 31.9 Å². The van der Waals surface area contributed by atoms with E-state index in [0.717, 1.165) is 30.7 Å². The van der Waals surface area contributed by atoms with Crippen LogP contribution in [0.3, 0.4) is 0 Å². The van der Waals surface area contributed by atoms with Crippen molar-refractivity contribution >= 4 is 11.9 Å². The Kier molecular flexibility index (Phi) is 4.90. The number of benzene rings is 1. The maximum absolute atomic E-state index is 11.9. The third-order valence-corrected chi connectivity index (χ3v) is 3.91. The van der Waals surface area contributed by atoms with Crippen LogP contribution >= 0.6 is 0 Å². The molecule has 1 aromatic heterocycles. The van der Waals surface area contributed by atoms with Crippen molar-refractivity contribution in [3.05, 3.63) is 47.8 Å². The second-order valence-electron chi connectivity index (χ2n) is 5.74. The molecule has 1 fully saturated rings. The smallest absolute Gasteiger partial charge is 0.356 e. The molecule has 1 amide bonds. The number of aromatic nitrogens is 2. The Morgan fingerprint density at radius 1 is 1.38 bits per heavy atom. The minimum atomic E-state index is -1.06. The molecule has 1 aliphatic heterocycles. The summed E-state index contributed by atoms with van der Waals surface area (Å²) in [6, 6.07) is 8.89. The molecule has 2 heterocycles. The number of nitrogens with zero attached hydrogens (tertiary/aromatic N) is 2. The molecule has 1 aliphatic rings. The molecular weight excluding hydrogens is 310 g/mol. The molecule has 2 aromatic rings. The summed E-state index contributed by atoms with van der Waals surface area (Å²) in [7, 11) is 0. The second-order valence-corrected chi connectivity index (χ2v) is 5.74. The molecule has 0 bridgehead atoms. The summed E-state index contributed by atoms with van der Waals surface area (Å²) in [4.78, 5) is 22.8. The molecule has 1 atom stereocenters. The number of carbonyl (C=O) groups excluding carboxylic acids is 1. The van der Waals surface area contributed by atoms with E-state index in [1.54, 1.807) is 6.20 Å². The van der Waals surface area contributed by atoms with Gasteiger partial charge < -0.3 is 15.2 Å². The number of ether oxygens (including phenoxy) is 1. The first-order valence-corrected chi connectivity index (χ1v) is 7.88. The van der Waals surface area contributed by atoms with E-state index in [4.69, 9.17) is 9.84 Å². The maximum Gasteiger partial charge on any atom is 0.356 e. The molecule has 1 unspecified atom stereocenters. The standard InChI is InChI=1S/C17H19N3O4/c21-16(10-14-5-2-8-24-14)18-11-12-3-1-4-13(9-12)20-7-6-15(19-20)17(22)23/h1,3-4,6-7,9,14H,2,5,8,10-11H2,(H,18,21)(H,22,23). The lowest BCUT2D eigenvalue weighted by molar-refractivity contribution is -0.123. The number of hydrogen-bond donors (Lipinski definition) is 2. The highest BCUT2D eigenvalue weighted by molar-refractivity contribution is 5.85. The zero-order valence-electron chi connectivity index (χ0n) is 13.1. The minimum Gasteiger partial charge on any atom is -0.476 e. The zero-order chi connectivity index (χ0) is 16.9. The van der Waals surface area contributed by atoms with Crippen molar-refractivity contribution in [1.82, 2.24) is 15.1 Å². The van der Waals surface area contributed by atoms with Gasteiger partial charge in [0.2, 0.25) is 5.91 Å². The van der Waals surface area contributed by atoms with Crippen LogP contribution in [0.1, 0.15) is 35.3 Å². The number of hydrogen-bond acceptors (Lipinski definition) is 4. The van der Waals surface area contributed by atoms with Crippen LogP contribution in [0.4, 0.5) is 0 Å². The van der Waals surface area contributed by atoms with Gasteiger partial charge in [0, 0.05) is 19.3 Å². The summed E-state index contributed by atoms with van der Waals surface area (Å²) in [5.74, 6) is -1.09. The summed E-state index contributed by atoms with van der Waals surface area (Å²) in [5, 5.41) is 15.8. The summed E-state index contributed by atoms with van der Waals surface area (Å²) in [6.07, 6.45) is 3.98. The Morgan fingerprint density at radius 2 is 2.25 bits per heavy atom. The molecular formula is C17H19N3O4. The van der Waals surface area contributed by atoms with E-state index < -0.39 is 5.97 Å². The number of amides is 1. The van der Waals surface area contributed by atoms with Crippen LogP contribution in [0.2, 0.25) is 0 Å². The highest BCUT2D eigenvalue weighted by Gasteiger charge is 2.18. The number of nitrogens with one attached hydrogen (secondary N) is 1. The Hall–Kier alpha value is -2.67. The SMILES string of the molecule is O=C(CC1CCCO1)NCc1cccc(-n2ccc(C(=O)O)n2)c1. The van der Waals surface area contributed by atoms with E-state index in [2.05, 4.69) is 10.4 Å². The van der Waals surface area contributed by atoms with Crippen LogP contribution in [0.15, 0.2) is 36.5 Å². The maximum atomic E-state index is 11.9. The lowest BCUT2D eigenvalue weighted by atomic mass is 10.1. The van der Waals surface area contributed by atoms with E-state index in [0.29, 0.717) is 13.0 Å². The van der Waals surface area contributed by atoms with E-state index >= 15 is 0 Å². The van der Waals surface area contributed by atoms with Gasteiger partial charge in [0.05, 0.1) is 18.2 Å². The van der Waals surface area contributed by atoms with E-state index in [-0.39, 0.29) is 17.7 Å². The van der Waals surface area contributed by atoms with Crippen LogP contribution in [0.5, 0.6) is 0 Å². The fraction of sp³-hybridized carbons (Fsp3) is 0.353. The number of aromatic carboxylic acids is 1. The van der Waals surface area contributed by atoms with Gasteiger partial charge in [-0.2, -0.15) is 5.10 Å². The lowest BCUT2D eigenvalue weighted by Gasteiger charge is -2.10. The third-order valence-electron chi connectivity index (χ3n) is 3.91. The molecule has 2 N–H and O–H groups in total. The third kappa shape index (κ3) is 3.99. The highest BCUT2D eigenvalue weighted by Crippen LogP contribution is 2.15. The molecule has 7 nitrogen and oxygen atoms in total. The molecule has 1 aromatic carbocycles. The minimum absolute atomic E-state index is 0.00901. The average molecular weight is 329 g/mol. The van der Waals surface area contributed by atoms with E-state index in [1.165, 1.54) is 10.7 Å². The van der Waals surface area contributed by atoms with Crippen LogP contribution in [-0.2, 0) is 16.1 Å². The Labute approximate surface area is 139 Å². The molecule has 0 saturated carbocycles. The van der Waals surface area contributed by atoms with E-state index in [1.807, 2.05) is 24.3 Å². The molecule has 0 radical (unpaired) electrons. The van der Waals surface area contributed by atoms with Crippen LogP contribution < -0.4 is 5.32 Å².